The van der Waals surface area contributed by atoms with E-state index in [1.165, 1.54) is 20.8 Å². The Hall–Kier alpha value is -2.78. The molecule has 0 radical (unpaired) electrons. The first-order valence-corrected chi connectivity index (χ1v) is 13.1. The van der Waals surface area contributed by atoms with Crippen molar-refractivity contribution in [3.8, 4) is 0 Å². The first-order valence-electron chi connectivity index (χ1n) is 11.7. The van der Waals surface area contributed by atoms with Gasteiger partial charge in [0, 0.05) is 45.7 Å². The zero-order valence-corrected chi connectivity index (χ0v) is 20.6. The Morgan fingerprint density at radius 3 is 2.18 bits per heavy atom. The van der Waals surface area contributed by atoms with Crippen LogP contribution in [0.15, 0.2) is 53.4 Å². The van der Waals surface area contributed by atoms with Crippen LogP contribution in [0.25, 0.3) is 0 Å². The lowest BCUT2D eigenvalue weighted by molar-refractivity contribution is -0.132. The van der Waals surface area contributed by atoms with Crippen LogP contribution >= 0.6 is 0 Å². The van der Waals surface area contributed by atoms with Crippen LogP contribution in [0.1, 0.15) is 42.6 Å². The van der Waals surface area contributed by atoms with Gasteiger partial charge in [0.15, 0.2) is 0 Å². The molecule has 0 aromatic heterocycles. The topological polar surface area (TPSA) is 78.0 Å². The molecule has 1 saturated heterocycles. The van der Waals surface area contributed by atoms with Gasteiger partial charge in [0.05, 0.1) is 10.5 Å². The third-order valence-electron chi connectivity index (χ3n) is 6.13. The number of benzene rings is 2. The maximum absolute atomic E-state index is 14.5. The highest BCUT2D eigenvalue weighted by Crippen LogP contribution is 2.21. The summed E-state index contributed by atoms with van der Waals surface area (Å²) in [6.07, 6.45) is 2.01. The summed E-state index contributed by atoms with van der Waals surface area (Å²) in [5, 5.41) is 0. The lowest BCUT2D eigenvalue weighted by Gasteiger charge is -2.35. The molecule has 2 amide bonds. The number of hydrogen-bond acceptors (Lipinski definition) is 4. The molecule has 7 nitrogen and oxygen atoms in total. The number of sulfonamides is 1. The zero-order chi connectivity index (χ0) is 24.7. The largest absolute Gasteiger partial charge is 0.339 e. The van der Waals surface area contributed by atoms with E-state index < -0.39 is 21.7 Å². The molecule has 3 rings (SSSR count). The molecule has 0 saturated carbocycles. The van der Waals surface area contributed by atoms with Crippen LogP contribution in [-0.4, -0.2) is 73.6 Å². The number of halogens is 1. The molecule has 2 aromatic rings. The van der Waals surface area contributed by atoms with E-state index in [1.54, 1.807) is 18.7 Å². The fourth-order valence-electron chi connectivity index (χ4n) is 4.12. The van der Waals surface area contributed by atoms with Gasteiger partial charge in [-0.2, -0.15) is 4.31 Å². The van der Waals surface area contributed by atoms with Crippen LogP contribution in [0, 0.1) is 5.82 Å². The van der Waals surface area contributed by atoms with Crippen molar-refractivity contribution in [2.45, 2.75) is 38.0 Å². The monoisotopic (exact) mass is 489 g/mol. The summed E-state index contributed by atoms with van der Waals surface area (Å²) in [6, 6.07) is 13.3. The maximum atomic E-state index is 14.5. The second kappa shape index (κ2) is 11.6. The number of hydrogen-bond donors (Lipinski definition) is 0. The molecule has 0 bridgehead atoms. The summed E-state index contributed by atoms with van der Waals surface area (Å²) >= 11 is 0. The quantitative estimate of drug-likeness (QED) is 0.542. The number of carbonyl (C=O) groups excluding carboxylic acids is 2. The third kappa shape index (κ3) is 6.01. The van der Waals surface area contributed by atoms with Crippen molar-refractivity contribution in [3.05, 3.63) is 65.5 Å². The molecule has 0 aliphatic carbocycles. The summed E-state index contributed by atoms with van der Waals surface area (Å²) < 4.78 is 41.3. The van der Waals surface area contributed by atoms with Gasteiger partial charge in [-0.15, -0.1) is 0 Å². The molecule has 0 atom stereocenters. The van der Waals surface area contributed by atoms with Crippen molar-refractivity contribution < 1.29 is 22.4 Å². The minimum absolute atomic E-state index is 0.0431. The first-order chi connectivity index (χ1) is 16.3. The number of piperazine rings is 1. The summed E-state index contributed by atoms with van der Waals surface area (Å²) in [5.74, 6) is -1.28. The lowest BCUT2D eigenvalue weighted by atomic mass is 10.1. The first kappa shape index (κ1) is 25.8. The molecule has 1 fully saturated rings. The SMILES string of the molecule is CCN(CC)S(=O)(=O)c1ccc(F)c(C(=O)N2CCN(C(=O)CCCc3ccccc3)CC2)c1. The minimum Gasteiger partial charge on any atom is -0.339 e. The van der Waals surface area contributed by atoms with Crippen molar-refractivity contribution in [1.82, 2.24) is 14.1 Å². The number of carbonyl (C=O) groups is 2. The van der Waals surface area contributed by atoms with E-state index in [2.05, 4.69) is 0 Å². The lowest BCUT2D eigenvalue weighted by Crippen LogP contribution is -2.50. The van der Waals surface area contributed by atoms with Crippen molar-refractivity contribution in [2.24, 2.45) is 0 Å². The van der Waals surface area contributed by atoms with E-state index in [0.29, 0.717) is 19.5 Å². The third-order valence-corrected chi connectivity index (χ3v) is 8.18. The highest BCUT2D eigenvalue weighted by atomic mass is 32.2. The van der Waals surface area contributed by atoms with Gasteiger partial charge in [-0.05, 0) is 36.6 Å². The summed E-state index contributed by atoms with van der Waals surface area (Å²) in [4.78, 5) is 28.6. The van der Waals surface area contributed by atoms with Crippen LogP contribution in [0.4, 0.5) is 4.39 Å². The number of nitrogens with zero attached hydrogens (tertiary/aromatic N) is 3. The Kier molecular flexibility index (Phi) is 8.79. The van der Waals surface area contributed by atoms with E-state index in [-0.39, 0.29) is 42.5 Å². The molecule has 34 heavy (non-hydrogen) atoms. The molecule has 0 N–H and O–H groups in total. The van der Waals surface area contributed by atoms with Crippen molar-refractivity contribution >= 4 is 21.8 Å². The number of aryl methyl sites for hydroxylation is 1. The predicted molar refractivity (Wildman–Crippen MR) is 128 cm³/mol. The molecule has 1 heterocycles. The molecule has 184 valence electrons. The summed E-state index contributed by atoms with van der Waals surface area (Å²) in [7, 11) is -3.81. The van der Waals surface area contributed by atoms with Gasteiger partial charge in [-0.1, -0.05) is 44.2 Å². The van der Waals surface area contributed by atoms with E-state index in [9.17, 15) is 22.4 Å². The Bertz CT molecular complexity index is 1100. The molecule has 0 unspecified atom stereocenters. The maximum Gasteiger partial charge on any atom is 0.256 e. The fraction of sp³-hybridized carbons (Fsp3) is 0.440. The molecular formula is C25H32FN3O4S. The second-order valence-corrected chi connectivity index (χ2v) is 10.2. The standard InChI is InChI=1S/C25H32FN3O4S/c1-3-29(4-2)34(32,33)21-13-14-23(26)22(19-21)25(31)28-17-15-27(16-18-28)24(30)12-8-11-20-9-6-5-7-10-20/h5-7,9-10,13-14,19H,3-4,8,11-12,15-18H2,1-2H3. The Balaban J connectivity index is 1.59. The van der Waals surface area contributed by atoms with Crippen LogP contribution in [0.2, 0.25) is 0 Å². The van der Waals surface area contributed by atoms with Gasteiger partial charge < -0.3 is 9.80 Å². The van der Waals surface area contributed by atoms with Gasteiger partial charge in [-0.25, -0.2) is 12.8 Å². The zero-order valence-electron chi connectivity index (χ0n) is 19.7. The smallest absolute Gasteiger partial charge is 0.256 e. The average molecular weight is 490 g/mol. The fourth-order valence-corrected chi connectivity index (χ4v) is 5.60. The highest BCUT2D eigenvalue weighted by Gasteiger charge is 2.28. The summed E-state index contributed by atoms with van der Waals surface area (Å²) in [6.45, 7) is 5.29. The van der Waals surface area contributed by atoms with Gasteiger partial charge in [0.25, 0.3) is 5.91 Å². The van der Waals surface area contributed by atoms with Crippen LogP contribution in [-0.2, 0) is 21.2 Å². The predicted octanol–water partition coefficient (Wildman–Crippen LogP) is 3.16. The molecular weight excluding hydrogens is 457 g/mol. The minimum atomic E-state index is -3.81. The normalized spacial score (nSPS) is 14.5. The Morgan fingerprint density at radius 1 is 0.941 bits per heavy atom. The van der Waals surface area contributed by atoms with Crippen LogP contribution in [0.5, 0.6) is 0 Å². The molecule has 0 spiro atoms. The van der Waals surface area contributed by atoms with Gasteiger partial charge in [0.1, 0.15) is 5.82 Å². The van der Waals surface area contributed by atoms with E-state index in [0.717, 1.165) is 25.0 Å². The van der Waals surface area contributed by atoms with Crippen molar-refractivity contribution in [3.63, 3.8) is 0 Å². The van der Waals surface area contributed by atoms with E-state index in [4.69, 9.17) is 0 Å². The van der Waals surface area contributed by atoms with E-state index >= 15 is 0 Å². The number of amides is 2. The average Bonchev–Trinajstić information content (AvgIpc) is 2.85. The number of rotatable bonds is 9. The van der Waals surface area contributed by atoms with Crippen LogP contribution in [0.3, 0.4) is 0 Å². The Labute approximate surface area is 201 Å². The van der Waals surface area contributed by atoms with Gasteiger partial charge >= 0.3 is 0 Å². The summed E-state index contributed by atoms with van der Waals surface area (Å²) in [5.41, 5.74) is 0.925. The van der Waals surface area contributed by atoms with Gasteiger partial charge in [-0.3, -0.25) is 9.59 Å². The highest BCUT2D eigenvalue weighted by molar-refractivity contribution is 7.89. The molecule has 1 aliphatic rings. The van der Waals surface area contributed by atoms with Crippen molar-refractivity contribution in [1.29, 1.82) is 0 Å². The second-order valence-electron chi connectivity index (χ2n) is 8.24. The van der Waals surface area contributed by atoms with E-state index in [1.807, 2.05) is 30.3 Å². The van der Waals surface area contributed by atoms with Gasteiger partial charge in [0.2, 0.25) is 15.9 Å². The Morgan fingerprint density at radius 2 is 1.56 bits per heavy atom. The van der Waals surface area contributed by atoms with Crippen molar-refractivity contribution in [2.75, 3.05) is 39.3 Å². The molecule has 2 aromatic carbocycles. The molecule has 1 aliphatic heterocycles. The molecule has 9 heteroatoms. The van der Waals surface area contributed by atoms with Crippen LogP contribution < -0.4 is 0 Å².